The first-order valence-electron chi connectivity index (χ1n) is 4.92. The molecule has 0 saturated carbocycles. The van der Waals surface area contributed by atoms with E-state index >= 15 is 0 Å². The Kier molecular flexibility index (Phi) is 4.06. The molecule has 2 heterocycles. The molecule has 5 nitrogen and oxygen atoms in total. The second-order valence-electron chi connectivity index (χ2n) is 3.11. The van der Waals surface area contributed by atoms with E-state index in [0.29, 0.717) is 18.2 Å². The van der Waals surface area contributed by atoms with Crippen molar-refractivity contribution in [1.82, 2.24) is 10.5 Å². The van der Waals surface area contributed by atoms with Crippen molar-refractivity contribution in [2.45, 2.75) is 6.61 Å². The third-order valence-corrected chi connectivity index (χ3v) is 2.78. The monoisotopic (exact) mass is 249 g/mol. The van der Waals surface area contributed by atoms with Gasteiger partial charge in [-0.25, -0.2) is 9.98 Å². The van der Waals surface area contributed by atoms with E-state index in [1.807, 2.05) is 23.0 Å². The van der Waals surface area contributed by atoms with E-state index < -0.39 is 0 Å². The molecule has 2 rings (SSSR count). The highest BCUT2D eigenvalue weighted by Gasteiger charge is 1.98. The third kappa shape index (κ3) is 3.54. The predicted molar refractivity (Wildman–Crippen MR) is 66.0 cm³/mol. The summed E-state index contributed by atoms with van der Waals surface area (Å²) in [5.41, 5.74) is 2.46. The molecule has 2 aromatic heterocycles. The summed E-state index contributed by atoms with van der Waals surface area (Å²) in [6, 6.07) is 7.48. The van der Waals surface area contributed by atoms with E-state index in [-0.39, 0.29) is 0 Å². The maximum Gasteiger partial charge on any atom is 0.213 e. The Balaban J connectivity index is 1.91. The average Bonchev–Trinajstić information content (AvgIpc) is 2.88. The molecule has 6 heteroatoms. The van der Waals surface area contributed by atoms with Gasteiger partial charge >= 0.3 is 0 Å². The Morgan fingerprint density at radius 3 is 3.06 bits per heavy atom. The molecule has 0 fully saturated rings. The largest absolute Gasteiger partial charge is 0.472 e. The molecule has 0 aliphatic carbocycles. The van der Waals surface area contributed by atoms with Gasteiger partial charge < -0.3 is 4.74 Å². The highest BCUT2D eigenvalue weighted by Crippen LogP contribution is 2.16. The van der Waals surface area contributed by atoms with Crippen LogP contribution in [0.15, 0.2) is 40.8 Å². The molecule has 0 bridgehead atoms. The van der Waals surface area contributed by atoms with Crippen LogP contribution in [0.25, 0.3) is 0 Å². The number of aliphatic imine (C=N–C) groups is 1. The van der Waals surface area contributed by atoms with Crippen LogP contribution in [0.1, 0.15) is 4.88 Å². The standard InChI is InChI=1S/C11H11N3O2S/c15-14-8-13-9-3-4-11(12-6-9)16-7-10-2-1-5-17-10/h1-6,8,15H,7H2,(H,13,14). The van der Waals surface area contributed by atoms with Crippen LogP contribution in [0.2, 0.25) is 0 Å². The van der Waals surface area contributed by atoms with Gasteiger partial charge in [-0.2, -0.15) is 0 Å². The van der Waals surface area contributed by atoms with Crippen LogP contribution in [0.4, 0.5) is 5.69 Å². The Labute approximate surface area is 102 Å². The molecule has 0 radical (unpaired) electrons. The summed E-state index contributed by atoms with van der Waals surface area (Å²) in [7, 11) is 0. The Hall–Kier alpha value is -1.92. The van der Waals surface area contributed by atoms with Gasteiger partial charge in [-0.3, -0.25) is 10.7 Å². The minimum absolute atomic E-state index is 0.519. The van der Waals surface area contributed by atoms with Gasteiger partial charge in [-0.05, 0) is 17.5 Å². The second kappa shape index (κ2) is 5.97. The number of aromatic nitrogens is 1. The van der Waals surface area contributed by atoms with Crippen LogP contribution in [-0.2, 0) is 6.61 Å². The number of pyridine rings is 1. The summed E-state index contributed by atoms with van der Waals surface area (Å²) in [5.74, 6) is 0.550. The lowest BCUT2D eigenvalue weighted by molar-refractivity contribution is 0.240. The number of ether oxygens (including phenoxy) is 1. The number of nitrogens with zero attached hydrogens (tertiary/aromatic N) is 2. The van der Waals surface area contributed by atoms with Gasteiger partial charge in [-0.1, -0.05) is 6.07 Å². The summed E-state index contributed by atoms with van der Waals surface area (Å²) in [6.07, 6.45) is 2.74. The van der Waals surface area contributed by atoms with E-state index in [1.54, 1.807) is 29.7 Å². The molecular weight excluding hydrogens is 238 g/mol. The number of rotatable bonds is 5. The van der Waals surface area contributed by atoms with Gasteiger partial charge in [0.1, 0.15) is 12.9 Å². The second-order valence-corrected chi connectivity index (χ2v) is 4.14. The normalized spacial score (nSPS) is 10.6. The number of hydroxylamine groups is 1. The lowest BCUT2D eigenvalue weighted by Gasteiger charge is -2.03. The molecule has 2 aromatic rings. The number of hydrogen-bond acceptors (Lipinski definition) is 5. The van der Waals surface area contributed by atoms with E-state index in [0.717, 1.165) is 4.88 Å². The van der Waals surface area contributed by atoms with Gasteiger partial charge in [0.15, 0.2) is 0 Å². The highest BCUT2D eigenvalue weighted by atomic mass is 32.1. The Morgan fingerprint density at radius 1 is 1.47 bits per heavy atom. The number of thiophene rings is 1. The molecule has 0 spiro atoms. The van der Waals surface area contributed by atoms with E-state index in [1.165, 1.54) is 6.34 Å². The first-order valence-corrected chi connectivity index (χ1v) is 5.80. The minimum Gasteiger partial charge on any atom is -0.472 e. The summed E-state index contributed by atoms with van der Waals surface area (Å²) in [6.45, 7) is 0.519. The Bertz CT molecular complexity index is 468. The molecule has 88 valence electrons. The van der Waals surface area contributed by atoms with Crippen molar-refractivity contribution in [2.24, 2.45) is 4.99 Å². The summed E-state index contributed by atoms with van der Waals surface area (Å²) in [5, 5.41) is 10.3. The average molecular weight is 249 g/mol. The van der Waals surface area contributed by atoms with Crippen LogP contribution in [0.5, 0.6) is 5.88 Å². The number of hydrogen-bond donors (Lipinski definition) is 2. The predicted octanol–water partition coefficient (Wildman–Crippen LogP) is 2.36. The van der Waals surface area contributed by atoms with Gasteiger partial charge in [0, 0.05) is 10.9 Å². The third-order valence-electron chi connectivity index (χ3n) is 1.93. The SMILES string of the molecule is ONC=Nc1ccc(OCc2cccs2)nc1. The summed E-state index contributed by atoms with van der Waals surface area (Å²) >= 11 is 1.64. The van der Waals surface area contributed by atoms with Crippen LogP contribution >= 0.6 is 11.3 Å². The zero-order valence-corrected chi connectivity index (χ0v) is 9.72. The molecule has 0 unspecified atom stereocenters. The highest BCUT2D eigenvalue weighted by molar-refractivity contribution is 7.09. The van der Waals surface area contributed by atoms with Gasteiger partial charge in [0.2, 0.25) is 5.88 Å². The molecule has 0 amide bonds. The quantitative estimate of drug-likeness (QED) is 0.485. The van der Waals surface area contributed by atoms with Crippen molar-refractivity contribution in [3.8, 4) is 5.88 Å². The van der Waals surface area contributed by atoms with Crippen LogP contribution < -0.4 is 10.2 Å². The smallest absolute Gasteiger partial charge is 0.213 e. The van der Waals surface area contributed by atoms with Crippen molar-refractivity contribution in [2.75, 3.05) is 0 Å². The van der Waals surface area contributed by atoms with Crippen LogP contribution in [0, 0.1) is 0 Å². The molecule has 0 aromatic carbocycles. The topological polar surface area (TPSA) is 66.7 Å². The maximum atomic E-state index is 8.33. The van der Waals surface area contributed by atoms with Crippen molar-refractivity contribution in [1.29, 1.82) is 0 Å². The molecule has 0 atom stereocenters. The number of nitrogens with one attached hydrogen (secondary N) is 1. The van der Waals surface area contributed by atoms with Crippen molar-refractivity contribution >= 4 is 23.4 Å². The van der Waals surface area contributed by atoms with Gasteiger partial charge in [0.05, 0.1) is 11.9 Å². The fraction of sp³-hybridized carbons (Fsp3) is 0.0909. The van der Waals surface area contributed by atoms with Gasteiger partial charge in [0.25, 0.3) is 0 Å². The van der Waals surface area contributed by atoms with Crippen molar-refractivity contribution < 1.29 is 9.94 Å². The molecular formula is C11H11N3O2S. The minimum atomic E-state index is 0.519. The summed E-state index contributed by atoms with van der Waals surface area (Å²) < 4.78 is 5.49. The Morgan fingerprint density at radius 2 is 2.41 bits per heavy atom. The van der Waals surface area contributed by atoms with Crippen LogP contribution in [-0.4, -0.2) is 16.5 Å². The summed E-state index contributed by atoms with van der Waals surface area (Å²) in [4.78, 5) is 9.12. The first-order chi connectivity index (χ1) is 8.38. The zero-order valence-electron chi connectivity index (χ0n) is 8.91. The lowest BCUT2D eigenvalue weighted by Crippen LogP contribution is -2.01. The molecule has 0 aliphatic rings. The van der Waals surface area contributed by atoms with Crippen molar-refractivity contribution in [3.63, 3.8) is 0 Å². The van der Waals surface area contributed by atoms with E-state index in [9.17, 15) is 0 Å². The van der Waals surface area contributed by atoms with Crippen LogP contribution in [0.3, 0.4) is 0 Å². The fourth-order valence-electron chi connectivity index (χ4n) is 1.18. The molecule has 0 aliphatic heterocycles. The first kappa shape index (κ1) is 11.6. The van der Waals surface area contributed by atoms with E-state index in [2.05, 4.69) is 9.98 Å². The van der Waals surface area contributed by atoms with Gasteiger partial charge in [-0.15, -0.1) is 11.3 Å². The fourth-order valence-corrected chi connectivity index (χ4v) is 1.79. The molecule has 2 N–H and O–H groups in total. The maximum absolute atomic E-state index is 8.33. The lowest BCUT2D eigenvalue weighted by atomic mass is 10.4. The van der Waals surface area contributed by atoms with Crippen molar-refractivity contribution in [3.05, 3.63) is 40.7 Å². The molecule has 17 heavy (non-hydrogen) atoms. The van der Waals surface area contributed by atoms with E-state index in [4.69, 9.17) is 9.94 Å². The molecule has 0 saturated heterocycles. The zero-order chi connectivity index (χ0) is 11.9.